The number of benzene rings is 1. The highest BCUT2D eigenvalue weighted by Crippen LogP contribution is 2.50. The van der Waals surface area contributed by atoms with Crippen LogP contribution in [0.2, 0.25) is 5.02 Å². The molecule has 0 fully saturated rings. The predicted octanol–water partition coefficient (Wildman–Crippen LogP) is 4.39. The van der Waals surface area contributed by atoms with Crippen LogP contribution in [0.5, 0.6) is 5.75 Å². The quantitative estimate of drug-likeness (QED) is 0.711. The van der Waals surface area contributed by atoms with Crippen molar-refractivity contribution >= 4 is 11.6 Å². The van der Waals surface area contributed by atoms with E-state index < -0.39 is 0 Å². The highest BCUT2D eigenvalue weighted by molar-refractivity contribution is 6.33. The second kappa shape index (κ2) is 3.40. The zero-order valence-corrected chi connectivity index (χ0v) is 11.2. The van der Waals surface area contributed by atoms with E-state index in [1.807, 2.05) is 6.07 Å². The van der Waals surface area contributed by atoms with Gasteiger partial charge in [-0.3, -0.25) is 0 Å². The van der Waals surface area contributed by atoms with Crippen LogP contribution >= 0.6 is 11.6 Å². The molecule has 0 heterocycles. The zero-order valence-electron chi connectivity index (χ0n) is 10.4. The molecule has 0 saturated carbocycles. The number of halogens is 1. The Balaban J connectivity index is 2.75. The van der Waals surface area contributed by atoms with Gasteiger partial charge in [-0.25, -0.2) is 0 Å². The lowest BCUT2D eigenvalue weighted by Gasteiger charge is -2.42. The highest BCUT2D eigenvalue weighted by Gasteiger charge is 2.39. The molecular weight excluding hydrogens is 220 g/mol. The molecule has 88 valence electrons. The highest BCUT2D eigenvalue weighted by atomic mass is 35.5. The molecule has 2 heteroatoms. The Kier molecular flexibility index (Phi) is 2.50. The molecule has 1 aromatic rings. The number of phenolic OH excluding ortho intramolecular Hbond substituents is 1. The summed E-state index contributed by atoms with van der Waals surface area (Å²) in [6, 6.07) is 3.74. The van der Waals surface area contributed by atoms with E-state index in [0.717, 1.165) is 18.4 Å². The molecule has 1 nitrogen and oxygen atoms in total. The number of hydrogen-bond acceptors (Lipinski definition) is 1. The first-order chi connectivity index (χ1) is 7.26. The van der Waals surface area contributed by atoms with Crippen LogP contribution in [0.25, 0.3) is 0 Å². The molecule has 1 aliphatic rings. The first-order valence-corrected chi connectivity index (χ1v) is 6.16. The van der Waals surface area contributed by atoms with E-state index in [-0.39, 0.29) is 16.6 Å². The number of rotatable bonds is 0. The van der Waals surface area contributed by atoms with E-state index in [9.17, 15) is 5.11 Å². The van der Waals surface area contributed by atoms with Gasteiger partial charge >= 0.3 is 0 Å². The van der Waals surface area contributed by atoms with Crippen molar-refractivity contribution in [2.75, 3.05) is 0 Å². The van der Waals surface area contributed by atoms with Gasteiger partial charge in [0.15, 0.2) is 0 Å². The third-order valence-electron chi connectivity index (χ3n) is 3.90. The molecule has 0 spiro atoms. The molecule has 1 aliphatic carbocycles. The fraction of sp³-hybridized carbons (Fsp3) is 0.571. The maximum Gasteiger partial charge on any atom is 0.134 e. The van der Waals surface area contributed by atoms with Gasteiger partial charge in [0.1, 0.15) is 5.75 Å². The molecule has 0 radical (unpaired) electrons. The van der Waals surface area contributed by atoms with E-state index in [4.69, 9.17) is 11.6 Å². The first kappa shape index (κ1) is 11.8. The van der Waals surface area contributed by atoms with Crippen LogP contribution in [0, 0.1) is 0 Å². The Hall–Kier alpha value is -0.690. The number of phenols is 1. The van der Waals surface area contributed by atoms with Gasteiger partial charge in [-0.15, -0.1) is 0 Å². The number of aromatic hydroxyl groups is 1. The molecule has 0 unspecified atom stereocenters. The molecule has 0 bridgehead atoms. The van der Waals surface area contributed by atoms with E-state index in [1.165, 1.54) is 5.56 Å². The normalized spacial score (nSPS) is 21.6. The summed E-state index contributed by atoms with van der Waals surface area (Å²) in [5.41, 5.74) is 2.63. The van der Waals surface area contributed by atoms with Crippen molar-refractivity contribution in [1.82, 2.24) is 0 Å². The van der Waals surface area contributed by atoms with Crippen LogP contribution in [-0.2, 0) is 10.8 Å². The van der Waals surface area contributed by atoms with E-state index in [1.54, 1.807) is 6.07 Å². The summed E-state index contributed by atoms with van der Waals surface area (Å²) in [5.74, 6) is 0.200. The zero-order chi connectivity index (χ0) is 12.1. The average Bonchev–Trinajstić information content (AvgIpc) is 2.17. The van der Waals surface area contributed by atoms with Gasteiger partial charge < -0.3 is 5.11 Å². The minimum Gasteiger partial charge on any atom is -0.506 e. The largest absolute Gasteiger partial charge is 0.506 e. The summed E-state index contributed by atoms with van der Waals surface area (Å²) in [4.78, 5) is 0. The molecule has 1 N–H and O–H groups in total. The Morgan fingerprint density at radius 2 is 1.62 bits per heavy atom. The van der Waals surface area contributed by atoms with Gasteiger partial charge in [0.25, 0.3) is 0 Å². The molecular formula is C14H19ClO. The standard InChI is InChI=1S/C14H19ClO/c1-13(2)7-8-14(3,4)11-9(13)5-6-10(16)12(11)15/h5-6,16H,7-8H2,1-4H3. The Morgan fingerprint density at radius 1 is 1.06 bits per heavy atom. The second-order valence-corrected chi connectivity index (χ2v) is 6.47. The van der Waals surface area contributed by atoms with Crippen molar-refractivity contribution in [3.63, 3.8) is 0 Å². The maximum absolute atomic E-state index is 9.75. The van der Waals surface area contributed by atoms with Gasteiger partial charge in [0.2, 0.25) is 0 Å². The molecule has 0 saturated heterocycles. The van der Waals surface area contributed by atoms with Crippen molar-refractivity contribution in [3.05, 3.63) is 28.3 Å². The lowest BCUT2D eigenvalue weighted by molar-refractivity contribution is 0.330. The molecule has 16 heavy (non-hydrogen) atoms. The smallest absolute Gasteiger partial charge is 0.134 e. The molecule has 0 atom stereocenters. The van der Waals surface area contributed by atoms with Crippen LogP contribution in [-0.4, -0.2) is 5.11 Å². The topological polar surface area (TPSA) is 20.2 Å². The first-order valence-electron chi connectivity index (χ1n) is 5.78. The minimum absolute atomic E-state index is 0.0562. The van der Waals surface area contributed by atoms with Crippen molar-refractivity contribution in [3.8, 4) is 5.75 Å². The fourth-order valence-electron chi connectivity index (χ4n) is 2.68. The number of hydrogen-bond donors (Lipinski definition) is 1. The fourth-order valence-corrected chi connectivity index (χ4v) is 3.10. The Labute approximate surface area is 102 Å². The molecule has 0 amide bonds. The lowest BCUT2D eigenvalue weighted by atomic mass is 9.63. The van der Waals surface area contributed by atoms with E-state index in [0.29, 0.717) is 5.02 Å². The summed E-state index contributed by atoms with van der Waals surface area (Å²) in [6.45, 7) is 8.89. The monoisotopic (exact) mass is 238 g/mol. The Bertz CT molecular complexity index is 433. The Morgan fingerprint density at radius 3 is 2.25 bits per heavy atom. The summed E-state index contributed by atoms with van der Waals surface area (Å²) < 4.78 is 0. The van der Waals surface area contributed by atoms with Gasteiger partial charge in [0, 0.05) is 0 Å². The SMILES string of the molecule is CC1(C)CCC(C)(C)c2c1ccc(O)c2Cl. The van der Waals surface area contributed by atoms with Crippen LogP contribution < -0.4 is 0 Å². The van der Waals surface area contributed by atoms with Gasteiger partial charge in [-0.05, 0) is 40.9 Å². The minimum atomic E-state index is 0.0562. The van der Waals surface area contributed by atoms with Gasteiger partial charge in [-0.1, -0.05) is 45.4 Å². The van der Waals surface area contributed by atoms with Crippen molar-refractivity contribution in [2.24, 2.45) is 0 Å². The van der Waals surface area contributed by atoms with Gasteiger partial charge in [0.05, 0.1) is 5.02 Å². The van der Waals surface area contributed by atoms with Gasteiger partial charge in [-0.2, -0.15) is 0 Å². The van der Waals surface area contributed by atoms with Crippen molar-refractivity contribution < 1.29 is 5.11 Å². The second-order valence-electron chi connectivity index (χ2n) is 6.09. The van der Waals surface area contributed by atoms with E-state index >= 15 is 0 Å². The summed E-state index contributed by atoms with van der Waals surface area (Å²) in [7, 11) is 0. The molecule has 2 rings (SSSR count). The van der Waals surface area contributed by atoms with Crippen molar-refractivity contribution in [2.45, 2.75) is 51.4 Å². The molecule has 0 aliphatic heterocycles. The van der Waals surface area contributed by atoms with Crippen LogP contribution in [0.1, 0.15) is 51.7 Å². The van der Waals surface area contributed by atoms with Crippen LogP contribution in [0.4, 0.5) is 0 Å². The lowest BCUT2D eigenvalue weighted by Crippen LogP contribution is -2.34. The third-order valence-corrected chi connectivity index (χ3v) is 4.29. The van der Waals surface area contributed by atoms with E-state index in [2.05, 4.69) is 27.7 Å². The molecule has 1 aromatic carbocycles. The summed E-state index contributed by atoms with van der Waals surface area (Å²) in [6.07, 6.45) is 2.27. The third kappa shape index (κ3) is 1.62. The summed E-state index contributed by atoms with van der Waals surface area (Å²) >= 11 is 6.27. The van der Waals surface area contributed by atoms with Crippen molar-refractivity contribution in [1.29, 1.82) is 0 Å². The van der Waals surface area contributed by atoms with Crippen LogP contribution in [0.15, 0.2) is 12.1 Å². The van der Waals surface area contributed by atoms with Crippen LogP contribution in [0.3, 0.4) is 0 Å². The maximum atomic E-state index is 9.75. The average molecular weight is 239 g/mol. The summed E-state index contributed by atoms with van der Waals surface area (Å²) in [5, 5.41) is 10.3. The predicted molar refractivity (Wildman–Crippen MR) is 68.4 cm³/mol. The number of fused-ring (bicyclic) bond motifs is 1. The molecule has 0 aromatic heterocycles.